The molecule has 17 heavy (non-hydrogen) atoms. The lowest BCUT2D eigenvalue weighted by atomic mass is 10.3. The van der Waals surface area contributed by atoms with Crippen molar-refractivity contribution < 1.29 is 30.7 Å². The lowest BCUT2D eigenvalue weighted by Gasteiger charge is -2.11. The normalized spacial score (nSPS) is 11.6. The Morgan fingerprint density at radius 3 is 1.88 bits per heavy atom. The van der Waals surface area contributed by atoms with E-state index in [4.69, 9.17) is 0 Å². The fourth-order valence-corrected chi connectivity index (χ4v) is 2.06. The van der Waals surface area contributed by atoms with Gasteiger partial charge in [0, 0.05) is 0 Å². The number of benzene rings is 1. The molecule has 0 bridgehead atoms. The summed E-state index contributed by atoms with van der Waals surface area (Å²) in [6, 6.07) is 0. The molecular formula is C8H7F4NO3S. The fourth-order valence-electron chi connectivity index (χ4n) is 1.12. The van der Waals surface area contributed by atoms with E-state index in [0.717, 1.165) is 14.2 Å². The van der Waals surface area contributed by atoms with E-state index in [2.05, 4.69) is 4.74 Å². The Morgan fingerprint density at radius 1 is 1.00 bits per heavy atom. The summed E-state index contributed by atoms with van der Waals surface area (Å²) in [7, 11) is -2.84. The Bertz CT molecular complexity index is 559. The van der Waals surface area contributed by atoms with Crippen LogP contribution in [0.1, 0.15) is 0 Å². The molecule has 0 amide bonds. The van der Waals surface area contributed by atoms with Crippen molar-refractivity contribution in [2.75, 3.05) is 14.2 Å². The van der Waals surface area contributed by atoms with Crippen LogP contribution < -0.4 is 9.46 Å². The van der Waals surface area contributed by atoms with Gasteiger partial charge < -0.3 is 4.74 Å². The molecule has 0 aromatic heterocycles. The lowest BCUT2D eigenvalue weighted by Crippen LogP contribution is -2.22. The van der Waals surface area contributed by atoms with Gasteiger partial charge in [-0.3, -0.25) is 0 Å². The first-order valence-electron chi connectivity index (χ1n) is 4.11. The Labute approximate surface area is 94.2 Å². The maximum absolute atomic E-state index is 13.3. The Morgan fingerprint density at radius 2 is 1.47 bits per heavy atom. The summed E-state index contributed by atoms with van der Waals surface area (Å²) in [6.45, 7) is 0. The van der Waals surface area contributed by atoms with Gasteiger partial charge in [-0.05, 0) is 7.05 Å². The molecule has 4 nitrogen and oxygen atoms in total. The Balaban J connectivity index is 3.83. The van der Waals surface area contributed by atoms with Crippen molar-refractivity contribution in [1.82, 2.24) is 4.72 Å². The number of hydrogen-bond acceptors (Lipinski definition) is 3. The highest BCUT2D eigenvalue weighted by Crippen LogP contribution is 2.33. The van der Waals surface area contributed by atoms with E-state index in [0.29, 0.717) is 0 Å². The number of hydrogen-bond donors (Lipinski definition) is 1. The van der Waals surface area contributed by atoms with E-state index in [1.54, 1.807) is 4.72 Å². The van der Waals surface area contributed by atoms with E-state index in [1.165, 1.54) is 0 Å². The maximum atomic E-state index is 13.3. The molecule has 0 spiro atoms. The molecule has 0 aliphatic carbocycles. The molecule has 0 unspecified atom stereocenters. The third-order valence-corrected chi connectivity index (χ3v) is 3.36. The Hall–Kier alpha value is -1.35. The minimum Gasteiger partial charge on any atom is -0.492 e. The minimum atomic E-state index is -4.53. The highest BCUT2D eigenvalue weighted by atomic mass is 32.2. The van der Waals surface area contributed by atoms with E-state index in [-0.39, 0.29) is 0 Å². The number of ether oxygens (including phenoxy) is 1. The zero-order valence-electron chi connectivity index (χ0n) is 8.64. The Kier molecular flexibility index (Phi) is 3.62. The van der Waals surface area contributed by atoms with Crippen LogP contribution in [0.5, 0.6) is 5.75 Å². The molecular weight excluding hydrogens is 266 g/mol. The SMILES string of the molecule is CNS(=O)(=O)c1c(F)c(F)c(F)c(F)c1OC. The van der Waals surface area contributed by atoms with Crippen LogP contribution in [0.2, 0.25) is 0 Å². The first kappa shape index (κ1) is 13.7. The maximum Gasteiger partial charge on any atom is 0.247 e. The topological polar surface area (TPSA) is 55.4 Å². The van der Waals surface area contributed by atoms with Crippen molar-refractivity contribution in [3.63, 3.8) is 0 Å². The summed E-state index contributed by atoms with van der Waals surface area (Å²) >= 11 is 0. The minimum absolute atomic E-state index is 0.796. The zero-order chi connectivity index (χ0) is 13.4. The van der Waals surface area contributed by atoms with Crippen LogP contribution in [0, 0.1) is 23.3 Å². The highest BCUT2D eigenvalue weighted by molar-refractivity contribution is 7.89. The van der Waals surface area contributed by atoms with Crippen LogP contribution >= 0.6 is 0 Å². The third-order valence-electron chi connectivity index (χ3n) is 1.92. The van der Waals surface area contributed by atoms with Crippen molar-refractivity contribution in [3.8, 4) is 5.75 Å². The van der Waals surface area contributed by atoms with Gasteiger partial charge in [0.25, 0.3) is 0 Å². The van der Waals surface area contributed by atoms with Crippen molar-refractivity contribution in [3.05, 3.63) is 23.3 Å². The standard InChI is InChI=1S/C8H7F4NO3S/c1-13-17(14,15)8-6(12)4(10)3(9)5(11)7(8)16-2/h13H,1-2H3. The molecule has 0 saturated carbocycles. The number of rotatable bonds is 3. The predicted molar refractivity (Wildman–Crippen MR) is 49.1 cm³/mol. The molecule has 0 aliphatic heterocycles. The summed E-state index contributed by atoms with van der Waals surface area (Å²) in [5, 5.41) is 0. The second-order valence-electron chi connectivity index (χ2n) is 2.83. The molecule has 1 rings (SSSR count). The van der Waals surface area contributed by atoms with Gasteiger partial charge in [-0.15, -0.1) is 0 Å². The van der Waals surface area contributed by atoms with Crippen molar-refractivity contribution in [2.24, 2.45) is 0 Å². The van der Waals surface area contributed by atoms with E-state index in [1.807, 2.05) is 0 Å². The van der Waals surface area contributed by atoms with Crippen LogP contribution in [-0.2, 0) is 10.0 Å². The fraction of sp³-hybridized carbons (Fsp3) is 0.250. The zero-order valence-corrected chi connectivity index (χ0v) is 9.46. The second kappa shape index (κ2) is 4.49. The molecule has 0 heterocycles. The van der Waals surface area contributed by atoms with Gasteiger partial charge in [-0.2, -0.15) is 4.39 Å². The second-order valence-corrected chi connectivity index (χ2v) is 4.65. The van der Waals surface area contributed by atoms with Gasteiger partial charge >= 0.3 is 0 Å². The predicted octanol–water partition coefficient (Wildman–Crippen LogP) is 1.16. The summed E-state index contributed by atoms with van der Waals surface area (Å²) in [4.78, 5) is -1.42. The molecule has 1 aromatic rings. The highest BCUT2D eigenvalue weighted by Gasteiger charge is 2.33. The van der Waals surface area contributed by atoms with Gasteiger partial charge in [0.2, 0.25) is 21.7 Å². The van der Waals surface area contributed by atoms with Crippen LogP contribution in [0.15, 0.2) is 4.90 Å². The monoisotopic (exact) mass is 273 g/mol. The number of halogens is 4. The lowest BCUT2D eigenvalue weighted by molar-refractivity contribution is 0.328. The molecule has 0 radical (unpaired) electrons. The number of nitrogens with one attached hydrogen (secondary N) is 1. The van der Waals surface area contributed by atoms with E-state index in [9.17, 15) is 26.0 Å². The first-order chi connectivity index (χ1) is 7.77. The van der Waals surface area contributed by atoms with Gasteiger partial charge in [-0.1, -0.05) is 0 Å². The average molecular weight is 273 g/mol. The van der Waals surface area contributed by atoms with Crippen molar-refractivity contribution >= 4 is 10.0 Å². The summed E-state index contributed by atoms with van der Waals surface area (Å²) in [5.74, 6) is -9.56. The van der Waals surface area contributed by atoms with Crippen LogP contribution in [0.25, 0.3) is 0 Å². The largest absolute Gasteiger partial charge is 0.492 e. The summed E-state index contributed by atoms with van der Waals surface area (Å²) < 4.78 is 80.7. The van der Waals surface area contributed by atoms with E-state index >= 15 is 0 Å². The third kappa shape index (κ3) is 2.07. The molecule has 1 N–H and O–H groups in total. The molecule has 0 aliphatic rings. The molecule has 9 heteroatoms. The molecule has 0 atom stereocenters. The average Bonchev–Trinajstić information content (AvgIpc) is 2.30. The van der Waals surface area contributed by atoms with Crippen LogP contribution in [-0.4, -0.2) is 22.6 Å². The molecule has 0 fully saturated rings. The summed E-state index contributed by atoms with van der Waals surface area (Å²) in [6.07, 6.45) is 0. The van der Waals surface area contributed by atoms with E-state index < -0.39 is 43.9 Å². The van der Waals surface area contributed by atoms with Gasteiger partial charge in [0.05, 0.1) is 7.11 Å². The van der Waals surface area contributed by atoms with Gasteiger partial charge in [0.15, 0.2) is 22.3 Å². The quantitative estimate of drug-likeness (QED) is 0.511. The first-order valence-corrected chi connectivity index (χ1v) is 5.59. The molecule has 1 aromatic carbocycles. The number of methoxy groups -OCH3 is 1. The van der Waals surface area contributed by atoms with Crippen molar-refractivity contribution in [1.29, 1.82) is 0 Å². The van der Waals surface area contributed by atoms with Crippen molar-refractivity contribution in [2.45, 2.75) is 4.90 Å². The van der Waals surface area contributed by atoms with Crippen LogP contribution in [0.4, 0.5) is 17.6 Å². The summed E-state index contributed by atoms with van der Waals surface area (Å²) in [5.41, 5.74) is 0. The number of sulfonamides is 1. The molecule has 0 saturated heterocycles. The van der Waals surface area contributed by atoms with Gasteiger partial charge in [0.1, 0.15) is 0 Å². The van der Waals surface area contributed by atoms with Gasteiger partial charge in [-0.25, -0.2) is 26.3 Å². The smallest absolute Gasteiger partial charge is 0.247 e. The van der Waals surface area contributed by atoms with Crippen LogP contribution in [0.3, 0.4) is 0 Å². The molecule has 96 valence electrons.